The predicted octanol–water partition coefficient (Wildman–Crippen LogP) is 5.87. The van der Waals surface area contributed by atoms with Crippen LogP contribution in [0.3, 0.4) is 0 Å². The van der Waals surface area contributed by atoms with Crippen LogP contribution in [0.25, 0.3) is 0 Å². The lowest BCUT2D eigenvalue weighted by Gasteiger charge is -2.34. The van der Waals surface area contributed by atoms with E-state index in [9.17, 15) is 22.4 Å². The number of pyridine rings is 1. The molecule has 4 rings (SSSR count). The molecule has 1 N–H and O–H groups in total. The van der Waals surface area contributed by atoms with Crippen LogP contribution in [-0.4, -0.2) is 50.1 Å². The number of rotatable bonds is 8. The number of sulfone groups is 1. The summed E-state index contributed by atoms with van der Waals surface area (Å²) in [7, 11) is -3.53. The van der Waals surface area contributed by atoms with E-state index in [-0.39, 0.29) is 22.5 Å². The number of aromatic nitrogens is 1. The second kappa shape index (κ2) is 11.7. The van der Waals surface area contributed by atoms with E-state index < -0.39 is 21.4 Å². The molecule has 2 heterocycles. The molecule has 1 aromatic carbocycles. The molecule has 2 aliphatic rings. The molecule has 2 fully saturated rings. The summed E-state index contributed by atoms with van der Waals surface area (Å²) in [4.78, 5) is 32.1. The summed E-state index contributed by atoms with van der Waals surface area (Å²) < 4.78 is 38.4. The van der Waals surface area contributed by atoms with Gasteiger partial charge in [-0.15, -0.1) is 0 Å². The fourth-order valence-corrected chi connectivity index (χ4v) is 6.14. The summed E-state index contributed by atoms with van der Waals surface area (Å²) in [5.74, 6) is 0.871. The SMILES string of the molecule is CC1(F)CCC(CC(=O)CC2CCN(c3ncc(S(C)(=O)=O)cc3NC(=O)c3cccc(Cl)c3)CC2)CC1. The summed E-state index contributed by atoms with van der Waals surface area (Å²) in [6.07, 6.45) is 7.65. The van der Waals surface area contributed by atoms with E-state index in [1.807, 2.05) is 4.90 Å². The quantitative estimate of drug-likeness (QED) is 0.431. The van der Waals surface area contributed by atoms with Gasteiger partial charge in [0.25, 0.3) is 5.91 Å². The molecule has 0 spiro atoms. The van der Waals surface area contributed by atoms with Gasteiger partial charge < -0.3 is 10.2 Å². The second-order valence-electron chi connectivity index (χ2n) is 11.0. The Morgan fingerprint density at radius 2 is 1.74 bits per heavy atom. The van der Waals surface area contributed by atoms with Crippen molar-refractivity contribution in [3.05, 3.63) is 47.1 Å². The molecule has 38 heavy (non-hydrogen) atoms. The molecule has 1 aromatic heterocycles. The van der Waals surface area contributed by atoms with Crippen molar-refractivity contribution >= 4 is 44.6 Å². The third kappa shape index (κ3) is 7.53. The molecule has 1 aliphatic carbocycles. The molecular weight excluding hydrogens is 529 g/mol. The van der Waals surface area contributed by atoms with Crippen molar-refractivity contribution in [1.29, 1.82) is 0 Å². The van der Waals surface area contributed by atoms with Crippen LogP contribution in [0.4, 0.5) is 15.9 Å². The second-order valence-corrected chi connectivity index (χ2v) is 13.5. The Morgan fingerprint density at radius 3 is 2.34 bits per heavy atom. The first kappa shape index (κ1) is 28.5. The number of nitrogens with one attached hydrogen (secondary N) is 1. The van der Waals surface area contributed by atoms with Gasteiger partial charge in [-0.1, -0.05) is 17.7 Å². The van der Waals surface area contributed by atoms with Gasteiger partial charge in [-0.3, -0.25) is 9.59 Å². The third-order valence-corrected chi connectivity index (χ3v) is 9.01. The Balaban J connectivity index is 1.40. The zero-order chi connectivity index (χ0) is 27.5. The van der Waals surface area contributed by atoms with Crippen LogP contribution < -0.4 is 10.2 Å². The molecule has 0 bridgehead atoms. The van der Waals surface area contributed by atoms with E-state index >= 15 is 0 Å². The molecule has 1 saturated heterocycles. The summed E-state index contributed by atoms with van der Waals surface area (Å²) >= 11 is 6.03. The van der Waals surface area contributed by atoms with Crippen molar-refractivity contribution in [2.75, 3.05) is 29.6 Å². The van der Waals surface area contributed by atoms with Crippen LogP contribution in [0.15, 0.2) is 41.4 Å². The van der Waals surface area contributed by atoms with E-state index in [0.717, 1.165) is 31.9 Å². The Hall–Kier alpha value is -2.52. The Bertz CT molecular complexity index is 1280. The van der Waals surface area contributed by atoms with Crippen molar-refractivity contribution in [1.82, 2.24) is 4.98 Å². The van der Waals surface area contributed by atoms with Crippen LogP contribution in [0.2, 0.25) is 5.02 Å². The fourth-order valence-electron chi connectivity index (χ4n) is 5.37. The molecule has 10 heteroatoms. The number of hydrogen-bond acceptors (Lipinski definition) is 6. The standard InChI is InChI=1S/C28H35ClFN3O4S/c1-28(30)10-6-19(7-11-28)14-23(34)15-20-8-12-33(13-9-20)26-25(17-24(18-31-26)38(2,36)37)32-27(35)21-4-3-5-22(29)16-21/h3-5,16-20H,6-15H2,1-2H3,(H,32,35). The molecule has 0 atom stereocenters. The number of benzene rings is 1. The van der Waals surface area contributed by atoms with Gasteiger partial charge in [-0.05, 0) is 81.5 Å². The van der Waals surface area contributed by atoms with Crippen LogP contribution in [0.5, 0.6) is 0 Å². The van der Waals surface area contributed by atoms with Crippen molar-refractivity contribution < 1.29 is 22.4 Å². The van der Waals surface area contributed by atoms with Crippen molar-refractivity contribution in [3.63, 3.8) is 0 Å². The Labute approximate surface area is 229 Å². The summed E-state index contributed by atoms with van der Waals surface area (Å²) in [5.41, 5.74) is -0.434. The van der Waals surface area contributed by atoms with E-state index in [0.29, 0.717) is 60.9 Å². The number of carbonyl (C=O) groups excluding carboxylic acids is 2. The first-order chi connectivity index (χ1) is 17.9. The van der Waals surface area contributed by atoms with Gasteiger partial charge in [0.05, 0.1) is 10.6 Å². The number of halogens is 2. The zero-order valence-corrected chi connectivity index (χ0v) is 23.5. The number of hydrogen-bond donors (Lipinski definition) is 1. The summed E-state index contributed by atoms with van der Waals surface area (Å²) in [5, 5.41) is 3.23. The number of piperidine rings is 1. The molecule has 0 radical (unpaired) electrons. The number of nitrogens with zero attached hydrogens (tertiary/aromatic N) is 2. The number of ketones is 1. The van der Waals surface area contributed by atoms with Crippen molar-refractivity contribution in [2.24, 2.45) is 11.8 Å². The van der Waals surface area contributed by atoms with Crippen LogP contribution in [0.1, 0.15) is 68.6 Å². The van der Waals surface area contributed by atoms with Gasteiger partial charge in [0, 0.05) is 49.0 Å². The molecule has 0 unspecified atom stereocenters. The predicted molar refractivity (Wildman–Crippen MR) is 147 cm³/mol. The largest absolute Gasteiger partial charge is 0.355 e. The van der Waals surface area contributed by atoms with Gasteiger partial charge in [-0.2, -0.15) is 0 Å². The normalized spacial score (nSPS) is 22.7. The molecule has 206 valence electrons. The van der Waals surface area contributed by atoms with E-state index in [1.54, 1.807) is 25.1 Å². The molecule has 1 saturated carbocycles. The Kier molecular flexibility index (Phi) is 8.77. The van der Waals surface area contributed by atoms with Gasteiger partial charge in [0.2, 0.25) is 0 Å². The monoisotopic (exact) mass is 563 g/mol. The van der Waals surface area contributed by atoms with Crippen molar-refractivity contribution in [2.45, 2.75) is 68.9 Å². The third-order valence-electron chi connectivity index (χ3n) is 7.70. The number of Topliss-reactive ketones (excluding diaryl/α,β-unsaturated/α-hetero) is 1. The van der Waals surface area contributed by atoms with Crippen LogP contribution in [-0.2, 0) is 14.6 Å². The first-order valence-corrected chi connectivity index (χ1v) is 15.4. The van der Waals surface area contributed by atoms with Gasteiger partial charge in [0.15, 0.2) is 15.7 Å². The molecular formula is C28H35ClFN3O4S. The van der Waals surface area contributed by atoms with Crippen LogP contribution in [0, 0.1) is 11.8 Å². The summed E-state index contributed by atoms with van der Waals surface area (Å²) in [6.45, 7) is 2.91. The molecule has 1 aliphatic heterocycles. The average molecular weight is 564 g/mol. The zero-order valence-electron chi connectivity index (χ0n) is 21.9. The average Bonchev–Trinajstić information content (AvgIpc) is 2.85. The lowest BCUT2D eigenvalue weighted by Crippen LogP contribution is -2.36. The van der Waals surface area contributed by atoms with Gasteiger partial charge in [-0.25, -0.2) is 17.8 Å². The number of amides is 1. The van der Waals surface area contributed by atoms with Crippen molar-refractivity contribution in [3.8, 4) is 0 Å². The molecule has 7 nitrogen and oxygen atoms in total. The highest BCUT2D eigenvalue weighted by atomic mass is 35.5. The van der Waals surface area contributed by atoms with E-state index in [1.165, 1.54) is 18.3 Å². The highest BCUT2D eigenvalue weighted by Crippen LogP contribution is 2.37. The smallest absolute Gasteiger partial charge is 0.255 e. The maximum absolute atomic E-state index is 14.1. The maximum Gasteiger partial charge on any atom is 0.255 e. The topological polar surface area (TPSA) is 96.4 Å². The number of alkyl halides is 1. The molecule has 1 amide bonds. The minimum absolute atomic E-state index is 0.0129. The Morgan fingerprint density at radius 1 is 1.11 bits per heavy atom. The van der Waals surface area contributed by atoms with E-state index in [4.69, 9.17) is 11.6 Å². The minimum Gasteiger partial charge on any atom is -0.355 e. The summed E-state index contributed by atoms with van der Waals surface area (Å²) in [6, 6.07) is 7.93. The molecule has 2 aromatic rings. The lowest BCUT2D eigenvalue weighted by atomic mass is 9.78. The number of carbonyl (C=O) groups is 2. The fraction of sp³-hybridized carbons (Fsp3) is 0.536. The van der Waals surface area contributed by atoms with Gasteiger partial charge in [0.1, 0.15) is 11.5 Å². The lowest BCUT2D eigenvalue weighted by molar-refractivity contribution is -0.121. The highest BCUT2D eigenvalue weighted by Gasteiger charge is 2.32. The number of anilines is 2. The van der Waals surface area contributed by atoms with Gasteiger partial charge >= 0.3 is 0 Å². The first-order valence-electron chi connectivity index (χ1n) is 13.1. The maximum atomic E-state index is 14.1. The highest BCUT2D eigenvalue weighted by molar-refractivity contribution is 7.90. The van der Waals surface area contributed by atoms with Crippen LogP contribution >= 0.6 is 11.6 Å². The van der Waals surface area contributed by atoms with E-state index in [2.05, 4.69) is 10.3 Å². The minimum atomic E-state index is -3.53.